The number of thiophene rings is 1. The summed E-state index contributed by atoms with van der Waals surface area (Å²) >= 11 is 8.65. The van der Waals surface area contributed by atoms with E-state index in [1.165, 1.54) is 22.7 Å². The van der Waals surface area contributed by atoms with Crippen LogP contribution in [0.3, 0.4) is 0 Å². The van der Waals surface area contributed by atoms with Gasteiger partial charge in [-0.3, -0.25) is 0 Å². The van der Waals surface area contributed by atoms with E-state index >= 15 is 0 Å². The Morgan fingerprint density at radius 2 is 2.00 bits per heavy atom. The lowest BCUT2D eigenvalue weighted by Gasteiger charge is -2.03. The first kappa shape index (κ1) is 17.0. The number of nitrogens with zero attached hydrogens (tertiary/aromatic N) is 1. The Hall–Kier alpha value is -1.89. The van der Waals surface area contributed by atoms with Crippen molar-refractivity contribution in [3.63, 3.8) is 0 Å². The van der Waals surface area contributed by atoms with E-state index in [9.17, 15) is 4.79 Å². The van der Waals surface area contributed by atoms with Gasteiger partial charge in [0.2, 0.25) is 0 Å². The molecule has 0 unspecified atom stereocenters. The van der Waals surface area contributed by atoms with Crippen molar-refractivity contribution in [3.8, 4) is 16.3 Å². The van der Waals surface area contributed by atoms with E-state index < -0.39 is 5.97 Å². The summed E-state index contributed by atoms with van der Waals surface area (Å²) < 4.78 is 11.4. The van der Waals surface area contributed by atoms with Crippen LogP contribution in [-0.2, 0) is 11.3 Å². The summed E-state index contributed by atoms with van der Waals surface area (Å²) in [5.41, 5.74) is 1.25. The molecule has 0 bridgehead atoms. The fraction of sp³-hybridized carbons (Fsp3) is 0.176. The standard InChI is InChI=1S/C17H14ClNO3S2/c1-2-21-12-5-3-11(4-6-12)16-19-14(10-23-16)17(20)22-9-13-7-8-15(18)24-13/h3-8,10H,2,9H2,1H3. The van der Waals surface area contributed by atoms with E-state index in [1.54, 1.807) is 11.4 Å². The molecular weight excluding hydrogens is 366 g/mol. The smallest absolute Gasteiger partial charge is 0.358 e. The van der Waals surface area contributed by atoms with Crippen LogP contribution in [0.2, 0.25) is 4.34 Å². The summed E-state index contributed by atoms with van der Waals surface area (Å²) in [4.78, 5) is 17.3. The molecule has 0 radical (unpaired) electrons. The second kappa shape index (κ2) is 7.79. The van der Waals surface area contributed by atoms with E-state index in [0.29, 0.717) is 16.6 Å². The number of thiazole rings is 1. The second-order valence-electron chi connectivity index (χ2n) is 4.78. The van der Waals surface area contributed by atoms with E-state index in [0.717, 1.165) is 21.2 Å². The molecular formula is C17H14ClNO3S2. The first-order valence-electron chi connectivity index (χ1n) is 7.26. The molecule has 1 aromatic carbocycles. The zero-order valence-electron chi connectivity index (χ0n) is 12.8. The SMILES string of the molecule is CCOc1ccc(-c2nc(C(=O)OCc3ccc(Cl)s3)cs2)cc1. The zero-order valence-corrected chi connectivity index (χ0v) is 15.2. The molecule has 0 atom stereocenters. The van der Waals surface area contributed by atoms with Crippen molar-refractivity contribution in [2.75, 3.05) is 6.61 Å². The average Bonchev–Trinajstić information content (AvgIpc) is 3.23. The van der Waals surface area contributed by atoms with Crippen LogP contribution in [0.1, 0.15) is 22.3 Å². The predicted molar refractivity (Wildman–Crippen MR) is 97.2 cm³/mol. The number of hydrogen-bond acceptors (Lipinski definition) is 6. The average molecular weight is 380 g/mol. The van der Waals surface area contributed by atoms with Gasteiger partial charge in [0.1, 0.15) is 17.4 Å². The van der Waals surface area contributed by atoms with Crippen molar-refractivity contribution in [2.45, 2.75) is 13.5 Å². The quantitative estimate of drug-likeness (QED) is 0.546. The van der Waals surface area contributed by atoms with E-state index in [-0.39, 0.29) is 6.61 Å². The maximum atomic E-state index is 12.1. The normalized spacial score (nSPS) is 10.6. The van der Waals surface area contributed by atoms with Gasteiger partial charge in [0.25, 0.3) is 0 Å². The predicted octanol–water partition coefficient (Wildman–Crippen LogP) is 5.28. The van der Waals surface area contributed by atoms with Crippen molar-refractivity contribution in [1.29, 1.82) is 0 Å². The molecule has 0 spiro atoms. The molecule has 0 aliphatic heterocycles. The van der Waals surface area contributed by atoms with Crippen LogP contribution in [0, 0.1) is 0 Å². The first-order valence-corrected chi connectivity index (χ1v) is 9.33. The van der Waals surface area contributed by atoms with Gasteiger partial charge in [0.15, 0.2) is 5.69 Å². The highest BCUT2D eigenvalue weighted by molar-refractivity contribution is 7.16. The summed E-state index contributed by atoms with van der Waals surface area (Å²) in [5.74, 6) is 0.375. The number of halogens is 1. The first-order chi connectivity index (χ1) is 11.7. The topological polar surface area (TPSA) is 48.4 Å². The summed E-state index contributed by atoms with van der Waals surface area (Å²) in [7, 11) is 0. The number of hydrogen-bond donors (Lipinski definition) is 0. The third-order valence-corrected chi connectivity index (χ3v) is 5.20. The minimum Gasteiger partial charge on any atom is -0.494 e. The fourth-order valence-corrected chi connectivity index (χ4v) is 3.80. The molecule has 2 aromatic heterocycles. The van der Waals surface area contributed by atoms with Gasteiger partial charge in [-0.2, -0.15) is 0 Å². The zero-order chi connectivity index (χ0) is 16.9. The number of ether oxygens (including phenoxy) is 2. The van der Waals surface area contributed by atoms with Gasteiger partial charge in [-0.1, -0.05) is 11.6 Å². The summed E-state index contributed by atoms with van der Waals surface area (Å²) in [6.07, 6.45) is 0. The molecule has 0 saturated carbocycles. The van der Waals surface area contributed by atoms with Crippen molar-refractivity contribution >= 4 is 40.2 Å². The van der Waals surface area contributed by atoms with Gasteiger partial charge >= 0.3 is 5.97 Å². The van der Waals surface area contributed by atoms with Crippen LogP contribution >= 0.6 is 34.3 Å². The molecule has 4 nitrogen and oxygen atoms in total. The third kappa shape index (κ3) is 4.14. The lowest BCUT2D eigenvalue weighted by molar-refractivity contribution is 0.0471. The van der Waals surface area contributed by atoms with Gasteiger partial charge in [-0.25, -0.2) is 9.78 Å². The summed E-state index contributed by atoms with van der Waals surface area (Å²) in [5, 5.41) is 2.47. The number of benzene rings is 1. The van der Waals surface area contributed by atoms with Crippen LogP contribution < -0.4 is 4.74 Å². The van der Waals surface area contributed by atoms with E-state index in [4.69, 9.17) is 21.1 Å². The number of rotatable bonds is 6. The molecule has 0 amide bonds. The molecule has 3 aromatic rings. The van der Waals surface area contributed by atoms with Crippen LogP contribution in [0.4, 0.5) is 0 Å². The highest BCUT2D eigenvalue weighted by Gasteiger charge is 2.14. The number of aromatic nitrogens is 1. The van der Waals surface area contributed by atoms with Crippen molar-refractivity contribution in [1.82, 2.24) is 4.98 Å². The molecule has 7 heteroatoms. The van der Waals surface area contributed by atoms with Gasteiger partial charge in [-0.15, -0.1) is 22.7 Å². The molecule has 0 saturated heterocycles. The van der Waals surface area contributed by atoms with Gasteiger partial charge < -0.3 is 9.47 Å². The van der Waals surface area contributed by atoms with Crippen molar-refractivity contribution < 1.29 is 14.3 Å². The summed E-state index contributed by atoms with van der Waals surface area (Å²) in [6, 6.07) is 11.2. The molecule has 24 heavy (non-hydrogen) atoms. The van der Waals surface area contributed by atoms with Crippen LogP contribution in [0.15, 0.2) is 41.8 Å². The van der Waals surface area contributed by atoms with Crippen LogP contribution in [0.5, 0.6) is 5.75 Å². The fourth-order valence-electron chi connectivity index (χ4n) is 2.00. The Kier molecular flexibility index (Phi) is 5.50. The lowest BCUT2D eigenvalue weighted by atomic mass is 10.2. The molecule has 0 aliphatic carbocycles. The van der Waals surface area contributed by atoms with Gasteiger partial charge in [-0.05, 0) is 43.3 Å². The third-order valence-electron chi connectivity index (χ3n) is 3.10. The Balaban J connectivity index is 1.64. The van der Waals surface area contributed by atoms with Gasteiger partial charge in [0, 0.05) is 15.8 Å². The largest absolute Gasteiger partial charge is 0.494 e. The Labute approximate surface area is 152 Å². The van der Waals surface area contributed by atoms with Crippen LogP contribution in [0.25, 0.3) is 10.6 Å². The highest BCUT2D eigenvalue weighted by Crippen LogP contribution is 2.26. The number of carbonyl (C=O) groups is 1. The Bertz CT molecular complexity index is 826. The Morgan fingerprint density at radius 1 is 1.21 bits per heavy atom. The maximum Gasteiger partial charge on any atom is 0.358 e. The monoisotopic (exact) mass is 379 g/mol. The van der Waals surface area contributed by atoms with Gasteiger partial charge in [0.05, 0.1) is 10.9 Å². The molecule has 0 N–H and O–H groups in total. The maximum absolute atomic E-state index is 12.1. The van der Waals surface area contributed by atoms with E-state index in [2.05, 4.69) is 4.98 Å². The number of esters is 1. The number of carbonyl (C=O) groups excluding carboxylic acids is 1. The minimum absolute atomic E-state index is 0.201. The molecule has 0 fully saturated rings. The minimum atomic E-state index is -0.437. The highest BCUT2D eigenvalue weighted by atomic mass is 35.5. The lowest BCUT2D eigenvalue weighted by Crippen LogP contribution is -2.04. The summed E-state index contributed by atoms with van der Waals surface area (Å²) in [6.45, 7) is 2.77. The molecule has 0 aliphatic rings. The van der Waals surface area contributed by atoms with Crippen molar-refractivity contribution in [2.24, 2.45) is 0 Å². The van der Waals surface area contributed by atoms with Crippen molar-refractivity contribution in [3.05, 3.63) is 56.7 Å². The molecule has 124 valence electrons. The molecule has 2 heterocycles. The van der Waals surface area contributed by atoms with E-state index in [1.807, 2.05) is 37.3 Å². The Morgan fingerprint density at radius 3 is 2.67 bits per heavy atom. The second-order valence-corrected chi connectivity index (χ2v) is 7.43. The van der Waals surface area contributed by atoms with Crippen LogP contribution in [-0.4, -0.2) is 17.6 Å². The molecule has 3 rings (SSSR count).